The van der Waals surface area contributed by atoms with Gasteiger partial charge < -0.3 is 5.32 Å². The summed E-state index contributed by atoms with van der Waals surface area (Å²) < 4.78 is 0. The fraction of sp³-hybridized carbons (Fsp3) is 0.333. The number of aromatic nitrogens is 2. The molecule has 1 aromatic heterocycles. The van der Waals surface area contributed by atoms with Crippen LogP contribution in [0, 0.1) is 13.8 Å². The summed E-state index contributed by atoms with van der Waals surface area (Å²) in [6, 6.07) is 6.46. The smallest absolute Gasteiger partial charge is 0.145 e. The first kappa shape index (κ1) is 13.9. The Morgan fingerprint density at radius 1 is 1.21 bits per heavy atom. The van der Waals surface area contributed by atoms with Gasteiger partial charge in [-0.15, -0.1) is 0 Å². The molecule has 2 aromatic rings. The van der Waals surface area contributed by atoms with Gasteiger partial charge in [-0.05, 0) is 37.5 Å². The number of nitrogens with one attached hydrogen (secondary N) is 1. The van der Waals surface area contributed by atoms with Gasteiger partial charge in [0.2, 0.25) is 0 Å². The maximum Gasteiger partial charge on any atom is 0.145 e. The van der Waals surface area contributed by atoms with Gasteiger partial charge in [0.05, 0.1) is 12.4 Å². The summed E-state index contributed by atoms with van der Waals surface area (Å²) in [7, 11) is 0. The number of rotatable bonds is 5. The van der Waals surface area contributed by atoms with Crippen LogP contribution in [0.4, 0.5) is 5.82 Å². The zero-order valence-electron chi connectivity index (χ0n) is 11.6. The van der Waals surface area contributed by atoms with Crippen molar-refractivity contribution < 1.29 is 0 Å². The van der Waals surface area contributed by atoms with E-state index in [2.05, 4.69) is 54.3 Å². The second kappa shape index (κ2) is 6.57. The molecule has 0 aliphatic heterocycles. The maximum absolute atomic E-state index is 4.57. The number of anilines is 1. The Bertz CT molecular complexity index is 555. The van der Waals surface area contributed by atoms with E-state index in [1.165, 1.54) is 16.0 Å². The van der Waals surface area contributed by atoms with Crippen LogP contribution in [0.2, 0.25) is 0 Å². The van der Waals surface area contributed by atoms with E-state index < -0.39 is 0 Å². The van der Waals surface area contributed by atoms with Crippen LogP contribution in [-0.2, 0) is 0 Å². The van der Waals surface area contributed by atoms with E-state index in [4.69, 9.17) is 0 Å². The molecule has 2 rings (SSSR count). The molecule has 1 N–H and O–H groups in total. The molecule has 0 amide bonds. The summed E-state index contributed by atoms with van der Waals surface area (Å²) in [4.78, 5) is 10.0. The van der Waals surface area contributed by atoms with Crippen molar-refractivity contribution in [1.82, 2.24) is 9.97 Å². The first-order chi connectivity index (χ1) is 9.19. The number of aryl methyl sites for hydroxylation is 2. The topological polar surface area (TPSA) is 37.8 Å². The molecule has 0 bridgehead atoms. The van der Waals surface area contributed by atoms with Crippen molar-refractivity contribution >= 4 is 17.6 Å². The fourth-order valence-electron chi connectivity index (χ4n) is 1.67. The van der Waals surface area contributed by atoms with E-state index in [0.29, 0.717) is 0 Å². The lowest BCUT2D eigenvalue weighted by molar-refractivity contribution is 0.948. The SMILES string of the molecule is CCCNc1cncc(Sc2cc(C)ccc2C)n1. The lowest BCUT2D eigenvalue weighted by Gasteiger charge is -2.08. The van der Waals surface area contributed by atoms with E-state index in [0.717, 1.165) is 23.8 Å². The molecule has 0 unspecified atom stereocenters. The summed E-state index contributed by atoms with van der Waals surface area (Å²) in [6.45, 7) is 7.28. The highest BCUT2D eigenvalue weighted by Crippen LogP contribution is 2.29. The summed E-state index contributed by atoms with van der Waals surface area (Å²) in [5, 5.41) is 4.19. The maximum atomic E-state index is 4.57. The standard InChI is InChI=1S/C15H19N3S/c1-4-7-17-14-9-16-10-15(18-14)19-13-8-11(2)5-6-12(13)3/h5-6,8-10H,4,7H2,1-3H3,(H,17,18). The number of hydrogen-bond acceptors (Lipinski definition) is 4. The zero-order chi connectivity index (χ0) is 13.7. The molecule has 0 radical (unpaired) electrons. The molecule has 0 aliphatic carbocycles. The Hall–Kier alpha value is -1.55. The third-order valence-corrected chi connectivity index (χ3v) is 3.79. The molecule has 4 heteroatoms. The van der Waals surface area contributed by atoms with Crippen LogP contribution in [0.5, 0.6) is 0 Å². The van der Waals surface area contributed by atoms with Gasteiger partial charge in [0.25, 0.3) is 0 Å². The van der Waals surface area contributed by atoms with Gasteiger partial charge in [0.1, 0.15) is 10.8 Å². The van der Waals surface area contributed by atoms with Gasteiger partial charge in [0, 0.05) is 11.4 Å². The summed E-state index contributed by atoms with van der Waals surface area (Å²) in [5.41, 5.74) is 2.53. The number of hydrogen-bond donors (Lipinski definition) is 1. The Kier molecular flexibility index (Phi) is 4.80. The Labute approximate surface area is 118 Å². The predicted molar refractivity (Wildman–Crippen MR) is 80.9 cm³/mol. The third kappa shape index (κ3) is 3.96. The van der Waals surface area contributed by atoms with Crippen LogP contribution >= 0.6 is 11.8 Å². The highest BCUT2D eigenvalue weighted by Gasteiger charge is 2.04. The molecule has 3 nitrogen and oxygen atoms in total. The van der Waals surface area contributed by atoms with E-state index in [-0.39, 0.29) is 0 Å². The summed E-state index contributed by atoms with van der Waals surface area (Å²) >= 11 is 1.66. The molecule has 1 heterocycles. The molecule has 0 spiro atoms. The molecule has 1 aromatic carbocycles. The molecule has 0 aliphatic rings. The molecular formula is C15H19N3S. The van der Waals surface area contributed by atoms with Crippen LogP contribution in [-0.4, -0.2) is 16.5 Å². The van der Waals surface area contributed by atoms with E-state index >= 15 is 0 Å². The molecule has 19 heavy (non-hydrogen) atoms. The van der Waals surface area contributed by atoms with Crippen LogP contribution in [0.15, 0.2) is 40.5 Å². The van der Waals surface area contributed by atoms with Gasteiger partial charge >= 0.3 is 0 Å². The first-order valence-corrected chi connectivity index (χ1v) is 7.31. The van der Waals surface area contributed by atoms with Crippen LogP contribution in [0.3, 0.4) is 0 Å². The fourth-order valence-corrected chi connectivity index (χ4v) is 2.62. The molecule has 0 saturated carbocycles. The zero-order valence-corrected chi connectivity index (χ0v) is 12.4. The van der Waals surface area contributed by atoms with E-state index in [9.17, 15) is 0 Å². The van der Waals surface area contributed by atoms with E-state index in [1.54, 1.807) is 18.0 Å². The molecule has 0 atom stereocenters. The lowest BCUT2D eigenvalue weighted by Crippen LogP contribution is -2.02. The summed E-state index contributed by atoms with van der Waals surface area (Å²) in [5.74, 6) is 0.845. The number of nitrogens with zero attached hydrogens (tertiary/aromatic N) is 2. The van der Waals surface area contributed by atoms with Crippen molar-refractivity contribution in [3.8, 4) is 0 Å². The van der Waals surface area contributed by atoms with Crippen molar-refractivity contribution in [2.24, 2.45) is 0 Å². The van der Waals surface area contributed by atoms with Gasteiger partial charge in [-0.2, -0.15) is 0 Å². The van der Waals surface area contributed by atoms with Gasteiger partial charge in [0.15, 0.2) is 0 Å². The molecular weight excluding hydrogens is 254 g/mol. The van der Waals surface area contributed by atoms with E-state index in [1.807, 2.05) is 6.20 Å². The molecule has 0 saturated heterocycles. The largest absolute Gasteiger partial charge is 0.369 e. The molecule has 0 fully saturated rings. The lowest BCUT2D eigenvalue weighted by atomic mass is 10.2. The quantitative estimate of drug-likeness (QED) is 0.891. The van der Waals surface area contributed by atoms with Crippen LogP contribution in [0.25, 0.3) is 0 Å². The van der Waals surface area contributed by atoms with Gasteiger partial charge in [-0.25, -0.2) is 4.98 Å². The van der Waals surface area contributed by atoms with Crippen LogP contribution in [0.1, 0.15) is 24.5 Å². The highest BCUT2D eigenvalue weighted by atomic mass is 32.2. The number of benzene rings is 1. The predicted octanol–water partition coefficient (Wildman–Crippen LogP) is 4.07. The van der Waals surface area contributed by atoms with Crippen molar-refractivity contribution in [3.05, 3.63) is 41.7 Å². The monoisotopic (exact) mass is 273 g/mol. The minimum Gasteiger partial charge on any atom is -0.369 e. The van der Waals surface area contributed by atoms with Crippen molar-refractivity contribution in [2.45, 2.75) is 37.1 Å². The minimum absolute atomic E-state index is 0.845. The third-order valence-electron chi connectivity index (χ3n) is 2.73. The highest BCUT2D eigenvalue weighted by molar-refractivity contribution is 7.99. The summed E-state index contributed by atoms with van der Waals surface area (Å²) in [6.07, 6.45) is 4.66. The normalized spacial score (nSPS) is 10.5. The Morgan fingerprint density at radius 2 is 2.05 bits per heavy atom. The second-order valence-electron chi connectivity index (χ2n) is 4.54. The Morgan fingerprint density at radius 3 is 2.84 bits per heavy atom. The first-order valence-electron chi connectivity index (χ1n) is 6.50. The average Bonchev–Trinajstić information content (AvgIpc) is 2.41. The van der Waals surface area contributed by atoms with Crippen molar-refractivity contribution in [1.29, 1.82) is 0 Å². The average molecular weight is 273 g/mol. The molecule has 100 valence electrons. The van der Waals surface area contributed by atoms with Crippen LogP contribution < -0.4 is 5.32 Å². The van der Waals surface area contributed by atoms with Crippen molar-refractivity contribution in [2.75, 3.05) is 11.9 Å². The Balaban J connectivity index is 2.16. The van der Waals surface area contributed by atoms with Crippen molar-refractivity contribution in [3.63, 3.8) is 0 Å². The second-order valence-corrected chi connectivity index (χ2v) is 5.60. The van der Waals surface area contributed by atoms with Gasteiger partial charge in [-0.3, -0.25) is 4.98 Å². The minimum atomic E-state index is 0.845. The van der Waals surface area contributed by atoms with Gasteiger partial charge in [-0.1, -0.05) is 30.8 Å².